The largest absolute Gasteiger partial charge is 0.481 e. The van der Waals surface area contributed by atoms with Crippen LogP contribution < -0.4 is 11.1 Å². The van der Waals surface area contributed by atoms with Crippen LogP contribution in [-0.4, -0.2) is 37.8 Å². The van der Waals surface area contributed by atoms with Crippen molar-refractivity contribution >= 4 is 29.2 Å². The molecule has 0 radical (unpaired) electrons. The molecule has 8 nitrogen and oxygen atoms in total. The van der Waals surface area contributed by atoms with E-state index in [1.54, 1.807) is 12.1 Å². The third kappa shape index (κ3) is 3.77. The average Bonchev–Trinajstić information content (AvgIpc) is 2.91. The number of nitrogens with two attached hydrogens (primary N) is 1. The number of carbonyl (C=O) groups excluding carboxylic acids is 1. The monoisotopic (exact) mass is 309 g/mol. The fourth-order valence-electron chi connectivity index (χ4n) is 1.65. The Morgan fingerprint density at radius 3 is 2.86 bits per heavy atom. The summed E-state index contributed by atoms with van der Waals surface area (Å²) in [7, 11) is 0. The number of benzene rings is 1. The van der Waals surface area contributed by atoms with Crippen LogP contribution in [0.15, 0.2) is 30.9 Å². The first-order valence-electron chi connectivity index (χ1n) is 5.90. The lowest BCUT2D eigenvalue weighted by Gasteiger charge is -2.14. The third-order valence-electron chi connectivity index (χ3n) is 2.61. The van der Waals surface area contributed by atoms with Gasteiger partial charge in [-0.25, -0.2) is 9.67 Å². The van der Waals surface area contributed by atoms with Gasteiger partial charge in [-0.3, -0.25) is 9.59 Å². The van der Waals surface area contributed by atoms with Crippen molar-refractivity contribution in [3.63, 3.8) is 0 Å². The highest BCUT2D eigenvalue weighted by atomic mass is 35.5. The number of nitrogens with one attached hydrogen (secondary N) is 1. The molecule has 9 heteroatoms. The molecule has 0 saturated carbocycles. The number of anilines is 1. The van der Waals surface area contributed by atoms with Crippen LogP contribution in [0.1, 0.15) is 6.42 Å². The van der Waals surface area contributed by atoms with Crippen LogP contribution in [0.25, 0.3) is 5.69 Å². The number of rotatable bonds is 5. The van der Waals surface area contributed by atoms with Crippen LogP contribution in [0.2, 0.25) is 5.02 Å². The van der Waals surface area contributed by atoms with Crippen LogP contribution in [0, 0.1) is 0 Å². The maximum absolute atomic E-state index is 11.9. The predicted molar refractivity (Wildman–Crippen MR) is 75.2 cm³/mol. The van der Waals surface area contributed by atoms with Crippen molar-refractivity contribution in [1.29, 1.82) is 0 Å². The average molecular weight is 310 g/mol. The van der Waals surface area contributed by atoms with Gasteiger partial charge in [0.05, 0.1) is 23.8 Å². The fraction of sp³-hybridized carbons (Fsp3) is 0.167. The Morgan fingerprint density at radius 1 is 1.48 bits per heavy atom. The van der Waals surface area contributed by atoms with Gasteiger partial charge >= 0.3 is 5.97 Å². The Bertz CT molecular complexity index is 659. The molecule has 0 saturated heterocycles. The predicted octanol–water partition coefficient (Wildman–Crippen LogP) is 0.661. The lowest BCUT2D eigenvalue weighted by atomic mass is 10.2. The Hall–Kier alpha value is -2.45. The summed E-state index contributed by atoms with van der Waals surface area (Å²) in [5.41, 5.74) is 6.41. The van der Waals surface area contributed by atoms with Gasteiger partial charge in [-0.15, -0.1) is 0 Å². The first-order chi connectivity index (χ1) is 9.97. The molecule has 2 rings (SSSR count). The molecule has 0 aliphatic rings. The Balaban J connectivity index is 2.25. The third-order valence-corrected chi connectivity index (χ3v) is 2.85. The molecule has 110 valence electrons. The molecule has 1 atom stereocenters. The number of nitrogens with zero attached hydrogens (tertiary/aromatic N) is 3. The van der Waals surface area contributed by atoms with Crippen molar-refractivity contribution in [2.75, 3.05) is 5.32 Å². The van der Waals surface area contributed by atoms with Gasteiger partial charge < -0.3 is 16.2 Å². The highest BCUT2D eigenvalue weighted by Crippen LogP contribution is 2.24. The van der Waals surface area contributed by atoms with Crippen molar-refractivity contribution in [2.24, 2.45) is 5.73 Å². The van der Waals surface area contributed by atoms with Crippen LogP contribution in [-0.2, 0) is 9.59 Å². The number of aliphatic carboxylic acids is 1. The number of hydrogen-bond donors (Lipinski definition) is 3. The molecule has 0 spiro atoms. The smallest absolute Gasteiger partial charge is 0.305 e. The SMILES string of the molecule is NC(CC(=O)O)C(=O)Nc1cc(Cl)ccc1-n1cncn1. The summed E-state index contributed by atoms with van der Waals surface area (Å²) in [4.78, 5) is 26.3. The maximum Gasteiger partial charge on any atom is 0.305 e. The van der Waals surface area contributed by atoms with E-state index >= 15 is 0 Å². The van der Waals surface area contributed by atoms with Crippen LogP contribution in [0.4, 0.5) is 5.69 Å². The molecular formula is C12H12ClN5O3. The summed E-state index contributed by atoms with van der Waals surface area (Å²) >= 11 is 5.90. The minimum absolute atomic E-state index is 0.360. The summed E-state index contributed by atoms with van der Waals surface area (Å²) < 4.78 is 1.44. The van der Waals surface area contributed by atoms with Gasteiger partial charge in [-0.1, -0.05) is 11.6 Å². The summed E-state index contributed by atoms with van der Waals surface area (Å²) in [5, 5.41) is 15.6. The van der Waals surface area contributed by atoms with Crippen LogP contribution in [0.5, 0.6) is 0 Å². The number of halogens is 1. The van der Waals surface area contributed by atoms with Crippen LogP contribution in [0.3, 0.4) is 0 Å². The molecule has 21 heavy (non-hydrogen) atoms. The highest BCUT2D eigenvalue weighted by molar-refractivity contribution is 6.31. The lowest BCUT2D eigenvalue weighted by molar-refractivity contribution is -0.138. The molecule has 1 aromatic heterocycles. The number of hydrogen-bond acceptors (Lipinski definition) is 5. The Kier molecular flexibility index (Phi) is 4.51. The number of carboxylic acid groups (broad SMARTS) is 1. The zero-order chi connectivity index (χ0) is 15.4. The van der Waals surface area contributed by atoms with Gasteiger partial charge in [0.2, 0.25) is 5.91 Å². The minimum Gasteiger partial charge on any atom is -0.481 e. The topological polar surface area (TPSA) is 123 Å². The molecule has 4 N–H and O–H groups in total. The van der Waals surface area contributed by atoms with Gasteiger partial charge in [0.15, 0.2) is 0 Å². The number of aromatic nitrogens is 3. The van der Waals surface area contributed by atoms with Crippen molar-refractivity contribution < 1.29 is 14.7 Å². The minimum atomic E-state index is -1.16. The van der Waals surface area contributed by atoms with E-state index in [1.807, 2.05) is 0 Å². The van der Waals surface area contributed by atoms with Gasteiger partial charge in [0.25, 0.3) is 0 Å². The summed E-state index contributed by atoms with van der Waals surface area (Å²) in [6.07, 6.45) is 2.33. The molecule has 2 aromatic rings. The van der Waals surface area contributed by atoms with Gasteiger partial charge in [-0.05, 0) is 18.2 Å². The molecule has 0 bridgehead atoms. The molecule has 1 aromatic carbocycles. The Morgan fingerprint density at radius 2 is 2.24 bits per heavy atom. The zero-order valence-electron chi connectivity index (χ0n) is 10.7. The van der Waals surface area contributed by atoms with E-state index in [2.05, 4.69) is 15.4 Å². The fourth-order valence-corrected chi connectivity index (χ4v) is 1.82. The Labute approximate surface area is 124 Å². The quantitative estimate of drug-likeness (QED) is 0.745. The maximum atomic E-state index is 11.9. The van der Waals surface area contributed by atoms with Gasteiger partial charge in [0, 0.05) is 5.02 Å². The molecule has 0 aliphatic carbocycles. The van der Waals surface area contributed by atoms with E-state index in [0.29, 0.717) is 16.4 Å². The highest BCUT2D eigenvalue weighted by Gasteiger charge is 2.19. The standard InChI is InChI=1S/C12H12ClN5O3/c13-7-1-2-10(18-6-15-5-16-18)9(3-7)17-12(21)8(14)4-11(19)20/h1-3,5-6,8H,4,14H2,(H,17,21)(H,19,20). The van der Waals surface area contributed by atoms with Crippen LogP contribution >= 0.6 is 11.6 Å². The second-order valence-electron chi connectivity index (χ2n) is 4.20. The van der Waals surface area contributed by atoms with Gasteiger partial charge in [-0.2, -0.15) is 5.10 Å². The second kappa shape index (κ2) is 6.33. The van der Waals surface area contributed by atoms with E-state index in [9.17, 15) is 9.59 Å². The van der Waals surface area contributed by atoms with Crippen molar-refractivity contribution in [2.45, 2.75) is 12.5 Å². The van der Waals surface area contributed by atoms with E-state index in [-0.39, 0.29) is 0 Å². The number of carboxylic acids is 1. The summed E-state index contributed by atoms with van der Waals surface area (Å²) in [5.74, 6) is -1.78. The normalized spacial score (nSPS) is 11.9. The molecule has 1 amide bonds. The summed E-state index contributed by atoms with van der Waals surface area (Å²) in [6, 6.07) is 3.63. The second-order valence-corrected chi connectivity index (χ2v) is 4.63. The molecular weight excluding hydrogens is 298 g/mol. The molecule has 0 aliphatic heterocycles. The van der Waals surface area contributed by atoms with E-state index in [4.69, 9.17) is 22.4 Å². The van der Waals surface area contributed by atoms with Gasteiger partial charge in [0.1, 0.15) is 12.7 Å². The first kappa shape index (κ1) is 14.9. The summed E-state index contributed by atoms with van der Waals surface area (Å²) in [6.45, 7) is 0. The first-order valence-corrected chi connectivity index (χ1v) is 6.28. The van der Waals surface area contributed by atoms with Crippen molar-refractivity contribution in [1.82, 2.24) is 14.8 Å². The molecule has 1 heterocycles. The number of amides is 1. The van der Waals surface area contributed by atoms with Crippen molar-refractivity contribution in [3.8, 4) is 5.69 Å². The van der Waals surface area contributed by atoms with Crippen molar-refractivity contribution in [3.05, 3.63) is 35.9 Å². The zero-order valence-corrected chi connectivity index (χ0v) is 11.5. The molecule has 0 fully saturated rings. The number of carbonyl (C=O) groups is 2. The lowest BCUT2D eigenvalue weighted by Crippen LogP contribution is -2.37. The van der Waals surface area contributed by atoms with E-state index in [1.165, 1.54) is 23.4 Å². The molecule has 1 unspecified atom stereocenters. The van der Waals surface area contributed by atoms with E-state index < -0.39 is 24.3 Å². The van der Waals surface area contributed by atoms with E-state index in [0.717, 1.165) is 0 Å².